The normalized spacial score (nSPS) is 24.7. The van der Waals surface area contributed by atoms with Crippen LogP contribution in [0.3, 0.4) is 0 Å². The summed E-state index contributed by atoms with van der Waals surface area (Å²) >= 11 is 1.47. The quantitative estimate of drug-likeness (QED) is 0.810. The maximum atomic E-state index is 12.3. The predicted octanol–water partition coefficient (Wildman–Crippen LogP) is 2.03. The summed E-state index contributed by atoms with van der Waals surface area (Å²) in [5.41, 5.74) is 2.51. The lowest BCUT2D eigenvalue weighted by atomic mass is 10.0. The zero-order valence-electron chi connectivity index (χ0n) is 14.2. The van der Waals surface area contributed by atoms with Gasteiger partial charge in [0.2, 0.25) is 5.91 Å². The molecule has 0 saturated carbocycles. The molecule has 0 spiro atoms. The Hall–Kier alpha value is -2.00. The van der Waals surface area contributed by atoms with Gasteiger partial charge in [-0.15, -0.1) is 11.8 Å². The van der Waals surface area contributed by atoms with Crippen molar-refractivity contribution in [2.45, 2.75) is 24.6 Å². The Morgan fingerprint density at radius 1 is 1.38 bits per heavy atom. The van der Waals surface area contributed by atoms with E-state index in [0.29, 0.717) is 12.2 Å². The average molecular weight is 393 g/mol. The summed E-state index contributed by atoms with van der Waals surface area (Å²) < 4.78 is 25.4. The lowest BCUT2D eigenvalue weighted by Crippen LogP contribution is -2.20. The monoisotopic (exact) mass is 393 g/mol. The number of rotatable bonds is 2. The van der Waals surface area contributed by atoms with E-state index in [4.69, 9.17) is 0 Å². The SMILES string of the molecule is Cc1nn([C@@H]2CCS(=O)(=O)C2)c2c1[C@@H](c1cccc(O)c1)SCC(=O)N2. The number of aryl methyl sites for hydroxylation is 1. The van der Waals surface area contributed by atoms with Crippen LogP contribution in [-0.2, 0) is 14.6 Å². The van der Waals surface area contributed by atoms with E-state index in [-0.39, 0.29) is 40.2 Å². The van der Waals surface area contributed by atoms with Crippen molar-refractivity contribution < 1.29 is 18.3 Å². The number of carbonyl (C=O) groups excluding carboxylic acids is 1. The minimum atomic E-state index is -3.07. The number of thioether (sulfide) groups is 1. The molecule has 1 aromatic carbocycles. The number of fused-ring (bicyclic) bond motifs is 1. The molecule has 2 atom stereocenters. The van der Waals surface area contributed by atoms with Gasteiger partial charge < -0.3 is 10.4 Å². The highest BCUT2D eigenvalue weighted by atomic mass is 32.2. The molecule has 1 aromatic heterocycles. The number of nitrogens with zero attached hydrogens (tertiary/aromatic N) is 2. The number of nitrogens with one attached hydrogen (secondary N) is 1. The smallest absolute Gasteiger partial charge is 0.235 e. The van der Waals surface area contributed by atoms with Crippen LogP contribution < -0.4 is 5.32 Å². The van der Waals surface area contributed by atoms with Crippen molar-refractivity contribution >= 4 is 33.3 Å². The molecule has 0 unspecified atom stereocenters. The van der Waals surface area contributed by atoms with Crippen LogP contribution in [0, 0.1) is 6.92 Å². The van der Waals surface area contributed by atoms with Crippen LogP contribution in [0.15, 0.2) is 24.3 Å². The Balaban J connectivity index is 1.83. The van der Waals surface area contributed by atoms with Crippen molar-refractivity contribution in [3.63, 3.8) is 0 Å². The van der Waals surface area contributed by atoms with E-state index in [1.165, 1.54) is 11.8 Å². The second kappa shape index (κ2) is 6.31. The lowest BCUT2D eigenvalue weighted by molar-refractivity contribution is -0.113. The fourth-order valence-electron chi connectivity index (χ4n) is 3.59. The molecule has 3 heterocycles. The Morgan fingerprint density at radius 2 is 2.19 bits per heavy atom. The van der Waals surface area contributed by atoms with Crippen LogP contribution in [-0.4, -0.2) is 46.5 Å². The molecule has 1 saturated heterocycles. The number of aromatic hydroxyl groups is 1. The van der Waals surface area contributed by atoms with Crippen LogP contribution in [0.5, 0.6) is 5.75 Å². The molecule has 1 amide bonds. The van der Waals surface area contributed by atoms with Gasteiger partial charge in [0.25, 0.3) is 0 Å². The number of hydrogen-bond acceptors (Lipinski definition) is 6. The zero-order chi connectivity index (χ0) is 18.5. The van der Waals surface area contributed by atoms with E-state index in [9.17, 15) is 18.3 Å². The molecule has 2 N–H and O–H groups in total. The molecule has 2 aromatic rings. The highest BCUT2D eigenvalue weighted by molar-refractivity contribution is 8.00. The number of phenols is 1. The number of carbonyl (C=O) groups is 1. The molecule has 9 heteroatoms. The Bertz CT molecular complexity index is 984. The third-order valence-corrected chi connectivity index (χ3v) is 7.78. The van der Waals surface area contributed by atoms with Gasteiger partial charge in [0.05, 0.1) is 34.2 Å². The first-order valence-electron chi connectivity index (χ1n) is 8.34. The Morgan fingerprint density at radius 3 is 2.88 bits per heavy atom. The van der Waals surface area contributed by atoms with Crippen LogP contribution >= 0.6 is 11.8 Å². The number of anilines is 1. The first-order valence-corrected chi connectivity index (χ1v) is 11.2. The van der Waals surface area contributed by atoms with Gasteiger partial charge in [0.15, 0.2) is 9.84 Å². The number of benzene rings is 1. The van der Waals surface area contributed by atoms with Crippen LogP contribution in [0.1, 0.15) is 34.5 Å². The zero-order valence-corrected chi connectivity index (χ0v) is 15.8. The first-order chi connectivity index (χ1) is 12.3. The number of sulfone groups is 1. The number of hydrogen-bond donors (Lipinski definition) is 2. The number of phenolic OH excluding ortho intramolecular Hbond substituents is 1. The van der Waals surface area contributed by atoms with E-state index < -0.39 is 9.84 Å². The molecule has 7 nitrogen and oxygen atoms in total. The molecule has 26 heavy (non-hydrogen) atoms. The van der Waals surface area contributed by atoms with Gasteiger partial charge in [-0.25, -0.2) is 13.1 Å². The summed E-state index contributed by atoms with van der Waals surface area (Å²) in [5, 5.41) is 17.2. The van der Waals surface area contributed by atoms with Crippen molar-refractivity contribution in [2.75, 3.05) is 22.6 Å². The average Bonchev–Trinajstić information content (AvgIpc) is 3.02. The highest BCUT2D eigenvalue weighted by Crippen LogP contribution is 2.45. The predicted molar refractivity (Wildman–Crippen MR) is 100 cm³/mol. The van der Waals surface area contributed by atoms with Crippen molar-refractivity contribution in [1.82, 2.24) is 9.78 Å². The first kappa shape index (κ1) is 17.4. The van der Waals surface area contributed by atoms with Gasteiger partial charge in [-0.1, -0.05) is 12.1 Å². The molecule has 1 fully saturated rings. The lowest BCUT2D eigenvalue weighted by Gasteiger charge is -2.16. The van der Waals surface area contributed by atoms with Crippen LogP contribution in [0.2, 0.25) is 0 Å². The van der Waals surface area contributed by atoms with Crippen molar-refractivity contribution in [1.29, 1.82) is 0 Å². The maximum Gasteiger partial charge on any atom is 0.235 e. The Labute approximate surface area is 155 Å². The molecule has 0 radical (unpaired) electrons. The maximum absolute atomic E-state index is 12.3. The minimum Gasteiger partial charge on any atom is -0.508 e. The summed E-state index contributed by atoms with van der Waals surface area (Å²) in [4.78, 5) is 12.3. The molecule has 138 valence electrons. The van der Waals surface area contributed by atoms with Crippen molar-refractivity contribution in [2.24, 2.45) is 0 Å². The van der Waals surface area contributed by atoms with E-state index in [1.807, 2.05) is 13.0 Å². The topological polar surface area (TPSA) is 101 Å². The molecule has 0 bridgehead atoms. The summed E-state index contributed by atoms with van der Waals surface area (Å²) in [6, 6.07) is 6.71. The van der Waals surface area contributed by atoms with Gasteiger partial charge in [-0.3, -0.25) is 4.79 Å². The molecule has 4 rings (SSSR count). The summed E-state index contributed by atoms with van der Waals surface area (Å²) in [6.07, 6.45) is 0.496. The summed E-state index contributed by atoms with van der Waals surface area (Å²) in [6.45, 7) is 1.87. The fourth-order valence-corrected chi connectivity index (χ4v) is 6.46. The number of amides is 1. The van der Waals surface area contributed by atoms with E-state index in [1.54, 1.807) is 22.9 Å². The second-order valence-corrected chi connectivity index (χ2v) is 10.0. The highest BCUT2D eigenvalue weighted by Gasteiger charge is 2.36. The van der Waals surface area contributed by atoms with Crippen molar-refractivity contribution in [3.05, 3.63) is 41.1 Å². The fraction of sp³-hybridized carbons (Fsp3) is 0.412. The van der Waals surface area contributed by atoms with Gasteiger partial charge in [0, 0.05) is 5.56 Å². The third kappa shape index (κ3) is 3.09. The van der Waals surface area contributed by atoms with Crippen LogP contribution in [0.25, 0.3) is 0 Å². The van der Waals surface area contributed by atoms with Gasteiger partial charge >= 0.3 is 0 Å². The number of aromatic nitrogens is 2. The molecular weight excluding hydrogens is 374 g/mol. The van der Waals surface area contributed by atoms with E-state index >= 15 is 0 Å². The van der Waals surface area contributed by atoms with E-state index in [0.717, 1.165) is 16.8 Å². The van der Waals surface area contributed by atoms with E-state index in [2.05, 4.69) is 10.4 Å². The molecule has 0 aliphatic carbocycles. The van der Waals surface area contributed by atoms with Crippen LogP contribution in [0.4, 0.5) is 5.82 Å². The second-order valence-electron chi connectivity index (χ2n) is 6.68. The molecule has 2 aliphatic heterocycles. The van der Waals surface area contributed by atoms with Gasteiger partial charge in [-0.2, -0.15) is 5.10 Å². The minimum absolute atomic E-state index is 0.0420. The molecule has 2 aliphatic rings. The van der Waals surface area contributed by atoms with Gasteiger partial charge in [0.1, 0.15) is 11.6 Å². The molecular formula is C17H19N3O4S2. The van der Waals surface area contributed by atoms with Crippen molar-refractivity contribution in [3.8, 4) is 5.75 Å². The van der Waals surface area contributed by atoms with Gasteiger partial charge in [-0.05, 0) is 31.0 Å². The third-order valence-electron chi connectivity index (χ3n) is 4.76. The largest absolute Gasteiger partial charge is 0.508 e. The summed E-state index contributed by atoms with van der Waals surface area (Å²) in [7, 11) is -3.07. The Kier molecular flexibility index (Phi) is 4.23. The summed E-state index contributed by atoms with van der Waals surface area (Å²) in [5.74, 6) is 1.07. The standard InChI is InChI=1S/C17H19N3O4S2/c1-10-15-16(11-3-2-4-13(21)7-11)25-8-14(22)18-17(15)20(19-10)12-5-6-26(23,24)9-12/h2-4,7,12,16,21H,5-6,8-9H2,1H3,(H,18,22)/t12-,16-/m1/s1.